The third-order valence-corrected chi connectivity index (χ3v) is 10.5. The predicted molar refractivity (Wildman–Crippen MR) is 225 cm³/mol. The van der Waals surface area contributed by atoms with Crippen molar-refractivity contribution in [2.45, 2.75) is 101 Å². The minimum Gasteiger partial charge on any atom is -0.508 e. The number of hydrogen-bond acceptors (Lipinski definition) is 12. The SMILES string of the molecule is CSCC[C@H](NC(=O)[C@@H](N)CO)C(=O)N1CCC[C@H]1C(=O)N[C@@H](CC(N)=O)C(=O)N[C@@H](CC(C)C)C(=O)N[C@@H](Cc1ccccc1)C(=O)N[C@@H](Cc1ccc(O)cc1)C(=O)O. The van der Waals surface area contributed by atoms with Crippen molar-refractivity contribution in [1.29, 1.82) is 0 Å². The Balaban J connectivity index is 1.82. The highest BCUT2D eigenvalue weighted by Crippen LogP contribution is 2.21. The van der Waals surface area contributed by atoms with Crippen molar-refractivity contribution in [3.05, 3.63) is 65.7 Å². The number of aliphatic hydroxyl groups excluding tert-OH is 1. The number of nitrogens with two attached hydrogens (primary N) is 2. The lowest BCUT2D eigenvalue weighted by Crippen LogP contribution is -2.60. The summed E-state index contributed by atoms with van der Waals surface area (Å²) < 4.78 is 0. The molecule has 19 nitrogen and oxygen atoms in total. The lowest BCUT2D eigenvalue weighted by Gasteiger charge is -2.30. The first-order chi connectivity index (χ1) is 28.9. The molecule has 0 bridgehead atoms. The van der Waals surface area contributed by atoms with E-state index >= 15 is 0 Å². The van der Waals surface area contributed by atoms with Gasteiger partial charge in [-0.15, -0.1) is 0 Å². The third kappa shape index (κ3) is 16.0. The van der Waals surface area contributed by atoms with Crippen molar-refractivity contribution < 1.29 is 53.7 Å². The van der Waals surface area contributed by atoms with Gasteiger partial charge < -0.3 is 58.3 Å². The Labute approximate surface area is 358 Å². The number of nitrogens with zero attached hydrogens (tertiary/aromatic N) is 1. The summed E-state index contributed by atoms with van der Waals surface area (Å²) in [5.74, 6) is -6.71. The van der Waals surface area contributed by atoms with Crippen molar-refractivity contribution in [1.82, 2.24) is 31.5 Å². The summed E-state index contributed by atoms with van der Waals surface area (Å²) in [5, 5.41) is 41.7. The van der Waals surface area contributed by atoms with Crippen molar-refractivity contribution >= 4 is 59.1 Å². The Morgan fingerprint density at radius 2 is 1.33 bits per heavy atom. The number of carboxylic acid groups (broad SMARTS) is 1. The highest BCUT2D eigenvalue weighted by molar-refractivity contribution is 7.98. The topological polar surface area (TPSA) is 313 Å². The molecule has 1 saturated heterocycles. The van der Waals surface area contributed by atoms with E-state index in [0.29, 0.717) is 23.3 Å². The number of phenolic OH excluding ortho intramolecular Hbond substituents is 1. The number of aliphatic hydroxyl groups is 1. The van der Waals surface area contributed by atoms with Gasteiger partial charge in [-0.1, -0.05) is 56.3 Å². The minimum atomic E-state index is -1.58. The maximum atomic E-state index is 14.0. The van der Waals surface area contributed by atoms with Crippen LogP contribution in [-0.4, -0.2) is 135 Å². The van der Waals surface area contributed by atoms with Gasteiger partial charge in [0.25, 0.3) is 0 Å². The summed E-state index contributed by atoms with van der Waals surface area (Å²) in [6.07, 6.45) is 1.81. The van der Waals surface area contributed by atoms with E-state index in [0.717, 1.165) is 0 Å². The molecule has 0 aliphatic carbocycles. The van der Waals surface area contributed by atoms with Gasteiger partial charge in [0.1, 0.15) is 48.0 Å². The number of rotatable bonds is 24. The Kier molecular flexibility index (Phi) is 19.9. The van der Waals surface area contributed by atoms with Crippen LogP contribution in [0, 0.1) is 5.92 Å². The number of primary amides is 1. The Hall–Kier alpha value is -5.73. The number of carbonyl (C=O) groups excluding carboxylic acids is 7. The molecule has 0 aromatic heterocycles. The third-order valence-electron chi connectivity index (χ3n) is 9.88. The number of carboxylic acids is 1. The second-order valence-electron chi connectivity index (χ2n) is 15.3. The zero-order chi connectivity index (χ0) is 45.2. The molecule has 61 heavy (non-hydrogen) atoms. The van der Waals surface area contributed by atoms with Crippen LogP contribution in [0.2, 0.25) is 0 Å². The van der Waals surface area contributed by atoms with Gasteiger partial charge in [-0.25, -0.2) is 4.79 Å². The molecule has 7 atom stereocenters. The molecular weight excluding hydrogens is 813 g/mol. The average molecular weight is 871 g/mol. The fourth-order valence-corrected chi connectivity index (χ4v) is 7.15. The number of amides is 7. The van der Waals surface area contributed by atoms with Crippen LogP contribution >= 0.6 is 11.8 Å². The van der Waals surface area contributed by atoms with Crippen LogP contribution in [0.15, 0.2) is 54.6 Å². The number of hydrogen-bond donors (Lipinski definition) is 10. The standard InChI is InChI=1S/C41H58N8O11S/c1-23(2)18-29(36(54)46-30(19-24-8-5-4-6-9-24)37(55)48-32(41(59)60)20-25-11-13-26(51)14-12-25)45-38(56)31(21-34(43)52)47-39(57)33-10-7-16-49(33)40(58)28(15-17-61-3)44-35(53)27(42)22-50/h4-6,8-9,11-14,23,27-33,50-51H,7,10,15-22,42H2,1-3H3,(H2,43,52)(H,44,53)(H,45,56)(H,46,54)(H,47,57)(H,48,55)(H,59,60)/t27-,28-,29-,30-,31-,32-,33-/m0/s1. The van der Waals surface area contributed by atoms with Gasteiger partial charge in [-0.3, -0.25) is 33.6 Å². The average Bonchev–Trinajstić information content (AvgIpc) is 3.72. The number of likely N-dealkylation sites (tertiary alicyclic amines) is 1. The van der Waals surface area contributed by atoms with Crippen LogP contribution in [0.25, 0.3) is 0 Å². The van der Waals surface area contributed by atoms with Crippen molar-refractivity contribution in [2.24, 2.45) is 17.4 Å². The maximum Gasteiger partial charge on any atom is 0.326 e. The second-order valence-corrected chi connectivity index (χ2v) is 16.3. The molecule has 0 radical (unpaired) electrons. The molecule has 0 unspecified atom stereocenters. The van der Waals surface area contributed by atoms with Gasteiger partial charge in [0.05, 0.1) is 13.0 Å². The number of aromatic hydroxyl groups is 1. The number of phenols is 1. The minimum absolute atomic E-state index is 0.0235. The van der Waals surface area contributed by atoms with E-state index in [1.807, 2.05) is 6.26 Å². The van der Waals surface area contributed by atoms with Gasteiger partial charge >= 0.3 is 5.97 Å². The maximum absolute atomic E-state index is 14.0. The number of carbonyl (C=O) groups is 8. The van der Waals surface area contributed by atoms with Crippen molar-refractivity contribution in [3.63, 3.8) is 0 Å². The molecule has 0 saturated carbocycles. The largest absolute Gasteiger partial charge is 0.508 e. The van der Waals surface area contributed by atoms with E-state index in [9.17, 15) is 53.7 Å². The fourth-order valence-electron chi connectivity index (χ4n) is 6.68. The van der Waals surface area contributed by atoms with Crippen molar-refractivity contribution in [2.75, 3.05) is 25.2 Å². The molecule has 7 amide bonds. The summed E-state index contributed by atoms with van der Waals surface area (Å²) in [4.78, 5) is 107. The Morgan fingerprint density at radius 3 is 1.92 bits per heavy atom. The molecule has 1 heterocycles. The normalized spacial score (nSPS) is 16.6. The quantitative estimate of drug-likeness (QED) is 0.0586. The zero-order valence-corrected chi connectivity index (χ0v) is 35.3. The van der Waals surface area contributed by atoms with Crippen LogP contribution in [0.4, 0.5) is 0 Å². The van der Waals surface area contributed by atoms with Gasteiger partial charge in [-0.05, 0) is 66.9 Å². The van der Waals surface area contributed by atoms with Crippen LogP contribution < -0.4 is 38.1 Å². The molecule has 2 aromatic rings. The predicted octanol–water partition coefficient (Wildman–Crippen LogP) is -1.33. The molecule has 1 aliphatic rings. The summed E-state index contributed by atoms with van der Waals surface area (Å²) >= 11 is 1.43. The number of benzene rings is 2. The monoisotopic (exact) mass is 870 g/mol. The molecule has 0 spiro atoms. The highest BCUT2D eigenvalue weighted by Gasteiger charge is 2.40. The molecule has 334 valence electrons. The fraction of sp³-hybridized carbons (Fsp3) is 0.512. The lowest BCUT2D eigenvalue weighted by molar-refractivity contribution is -0.142. The van der Waals surface area contributed by atoms with Crippen LogP contribution in [0.5, 0.6) is 5.75 Å². The van der Waals surface area contributed by atoms with Gasteiger partial charge in [0.15, 0.2) is 0 Å². The van der Waals surface area contributed by atoms with E-state index in [4.69, 9.17) is 11.5 Å². The first kappa shape index (κ1) is 49.6. The molecule has 1 fully saturated rings. The first-order valence-corrected chi connectivity index (χ1v) is 21.3. The number of thioether (sulfide) groups is 1. The van der Waals surface area contributed by atoms with Crippen molar-refractivity contribution in [3.8, 4) is 5.75 Å². The molecule has 3 rings (SSSR count). The van der Waals surface area contributed by atoms with Gasteiger partial charge in [0, 0.05) is 19.4 Å². The Bertz CT molecular complexity index is 1840. The van der Waals surface area contributed by atoms with E-state index in [2.05, 4.69) is 26.6 Å². The summed E-state index contributed by atoms with van der Waals surface area (Å²) in [5.41, 5.74) is 12.3. The van der Waals surface area contributed by atoms with Gasteiger partial charge in [0.2, 0.25) is 41.4 Å². The number of aliphatic carboxylic acids is 1. The molecule has 12 N–H and O–H groups in total. The van der Waals surface area contributed by atoms with E-state index in [-0.39, 0.29) is 50.3 Å². The summed E-state index contributed by atoms with van der Waals surface area (Å²) in [7, 11) is 0. The van der Waals surface area contributed by atoms with Crippen LogP contribution in [0.3, 0.4) is 0 Å². The smallest absolute Gasteiger partial charge is 0.326 e. The van der Waals surface area contributed by atoms with E-state index in [1.54, 1.807) is 44.2 Å². The zero-order valence-electron chi connectivity index (χ0n) is 34.5. The lowest BCUT2D eigenvalue weighted by atomic mass is 10.00. The van der Waals surface area contributed by atoms with E-state index in [1.165, 1.54) is 40.9 Å². The molecular formula is C41H58N8O11S. The molecule has 2 aromatic carbocycles. The van der Waals surface area contributed by atoms with Crippen LogP contribution in [-0.2, 0) is 51.2 Å². The first-order valence-electron chi connectivity index (χ1n) is 19.9. The second kappa shape index (κ2) is 24.5. The van der Waals surface area contributed by atoms with E-state index < -0.39 is 103 Å². The highest BCUT2D eigenvalue weighted by atomic mass is 32.2. The van der Waals surface area contributed by atoms with Crippen LogP contribution in [0.1, 0.15) is 57.1 Å². The molecule has 1 aliphatic heterocycles. The number of nitrogens with one attached hydrogen (secondary N) is 5. The Morgan fingerprint density at radius 1 is 0.770 bits per heavy atom. The summed E-state index contributed by atoms with van der Waals surface area (Å²) in [6, 6.07) is 5.39. The summed E-state index contributed by atoms with van der Waals surface area (Å²) in [6.45, 7) is 3.07. The molecule has 20 heteroatoms. The van der Waals surface area contributed by atoms with Gasteiger partial charge in [-0.2, -0.15) is 11.8 Å².